The van der Waals surface area contributed by atoms with Gasteiger partial charge in [0.15, 0.2) is 15.6 Å². The molecule has 0 radical (unpaired) electrons. The lowest BCUT2D eigenvalue weighted by Gasteiger charge is -2.31. The summed E-state index contributed by atoms with van der Waals surface area (Å²) in [5, 5.41) is 8.51. The van der Waals surface area contributed by atoms with Crippen LogP contribution in [0.25, 0.3) is 11.1 Å². The number of carbonyl (C=O) groups excluding carboxylic acids is 1. The van der Waals surface area contributed by atoms with Crippen LogP contribution in [-0.2, 0) is 9.84 Å². The van der Waals surface area contributed by atoms with Crippen molar-refractivity contribution < 1.29 is 13.2 Å². The highest BCUT2D eigenvalue weighted by atomic mass is 32.2. The molecule has 37 heavy (non-hydrogen) atoms. The van der Waals surface area contributed by atoms with E-state index in [1.807, 2.05) is 48.5 Å². The zero-order chi connectivity index (χ0) is 26.4. The number of nitriles is 1. The van der Waals surface area contributed by atoms with Gasteiger partial charge in [0.1, 0.15) is 0 Å². The fraction of sp³-hybridized carbons (Fsp3) is 0.333. The maximum Gasteiger partial charge on any atom is 0.181 e. The van der Waals surface area contributed by atoms with Gasteiger partial charge in [0.25, 0.3) is 0 Å². The van der Waals surface area contributed by atoms with Gasteiger partial charge in [-0.05, 0) is 99.4 Å². The molecule has 3 aromatic rings. The number of hydrogen-bond acceptors (Lipinski definition) is 6. The van der Waals surface area contributed by atoms with Crippen LogP contribution in [0.4, 0.5) is 5.69 Å². The Balaban J connectivity index is 1.34. The summed E-state index contributed by atoms with van der Waals surface area (Å²) in [6.45, 7) is 7.52. The highest BCUT2D eigenvalue weighted by Crippen LogP contribution is 2.27. The second-order valence-corrected chi connectivity index (χ2v) is 11.6. The van der Waals surface area contributed by atoms with Crippen molar-refractivity contribution in [2.45, 2.75) is 36.8 Å². The first-order valence-corrected chi connectivity index (χ1v) is 14.4. The number of rotatable bonds is 9. The Labute approximate surface area is 220 Å². The van der Waals surface area contributed by atoms with E-state index in [-0.39, 0.29) is 5.78 Å². The minimum Gasteiger partial charge on any atom is -0.372 e. The minimum absolute atomic E-state index is 0.0609. The van der Waals surface area contributed by atoms with Crippen LogP contribution < -0.4 is 4.90 Å². The standard InChI is InChI=1S/C30H33N3O3S/c1-3-33(4-2)27-13-9-26(10-14-27)30(34)22-32-19-17-29(18-20-32)37(35,36)28-15-11-25(12-16-28)24-7-5-23(21-31)6-8-24/h5-16,29H,3-4,17-20,22H2,1-2H3. The first-order valence-electron chi connectivity index (χ1n) is 12.8. The van der Waals surface area contributed by atoms with Crippen molar-refractivity contribution in [1.29, 1.82) is 5.26 Å². The summed E-state index contributed by atoms with van der Waals surface area (Å²) in [6, 6.07) is 24.0. The quantitative estimate of drug-likeness (QED) is 0.365. The fourth-order valence-corrected chi connectivity index (χ4v) is 6.62. The van der Waals surface area contributed by atoms with Gasteiger partial charge in [-0.2, -0.15) is 5.26 Å². The number of likely N-dealkylation sites (tertiary alicyclic amines) is 1. The molecule has 0 atom stereocenters. The summed E-state index contributed by atoms with van der Waals surface area (Å²) < 4.78 is 26.6. The third-order valence-corrected chi connectivity index (χ3v) is 9.47. The van der Waals surface area contributed by atoms with E-state index < -0.39 is 15.1 Å². The van der Waals surface area contributed by atoms with Gasteiger partial charge in [0, 0.05) is 24.3 Å². The van der Waals surface area contributed by atoms with E-state index in [0.29, 0.717) is 48.5 Å². The summed E-state index contributed by atoms with van der Waals surface area (Å²) >= 11 is 0. The summed E-state index contributed by atoms with van der Waals surface area (Å²) in [5.41, 5.74) is 4.22. The summed E-state index contributed by atoms with van der Waals surface area (Å²) in [6.07, 6.45) is 1.02. The fourth-order valence-electron chi connectivity index (χ4n) is 4.89. The molecular formula is C30H33N3O3S. The molecule has 1 heterocycles. The predicted octanol–water partition coefficient (Wildman–Crippen LogP) is 5.19. The first-order chi connectivity index (χ1) is 17.8. The number of anilines is 1. The topological polar surface area (TPSA) is 81.5 Å². The van der Waals surface area contributed by atoms with E-state index in [0.717, 1.165) is 29.9 Å². The van der Waals surface area contributed by atoms with Crippen LogP contribution in [0.5, 0.6) is 0 Å². The first kappa shape index (κ1) is 26.6. The van der Waals surface area contributed by atoms with Crippen LogP contribution in [0.1, 0.15) is 42.6 Å². The van der Waals surface area contributed by atoms with E-state index in [9.17, 15) is 13.2 Å². The van der Waals surface area contributed by atoms with Crippen molar-refractivity contribution in [3.8, 4) is 17.2 Å². The van der Waals surface area contributed by atoms with Crippen LogP contribution in [-0.4, -0.2) is 57.1 Å². The Kier molecular flexibility index (Phi) is 8.42. The molecule has 0 N–H and O–H groups in total. The van der Waals surface area contributed by atoms with Gasteiger partial charge >= 0.3 is 0 Å². The lowest BCUT2D eigenvalue weighted by molar-refractivity contribution is 0.0916. The third-order valence-electron chi connectivity index (χ3n) is 7.19. The van der Waals surface area contributed by atoms with Crippen LogP contribution >= 0.6 is 0 Å². The molecule has 4 rings (SSSR count). The number of piperidine rings is 1. The maximum absolute atomic E-state index is 13.3. The Hall–Kier alpha value is -3.47. The van der Waals surface area contributed by atoms with E-state index >= 15 is 0 Å². The predicted molar refractivity (Wildman–Crippen MR) is 148 cm³/mol. The maximum atomic E-state index is 13.3. The smallest absolute Gasteiger partial charge is 0.181 e. The Bertz CT molecular complexity index is 1350. The molecule has 192 valence electrons. The molecule has 0 aromatic heterocycles. The van der Waals surface area contributed by atoms with Crippen LogP contribution in [0.2, 0.25) is 0 Å². The van der Waals surface area contributed by atoms with Gasteiger partial charge in [-0.1, -0.05) is 24.3 Å². The molecule has 0 aliphatic carbocycles. The molecule has 0 saturated carbocycles. The van der Waals surface area contributed by atoms with Crippen molar-refractivity contribution >= 4 is 21.3 Å². The average Bonchev–Trinajstić information content (AvgIpc) is 2.94. The largest absolute Gasteiger partial charge is 0.372 e. The van der Waals surface area contributed by atoms with Gasteiger partial charge in [0.2, 0.25) is 0 Å². The zero-order valence-electron chi connectivity index (χ0n) is 21.4. The number of ketones is 1. The van der Waals surface area contributed by atoms with E-state index in [2.05, 4.69) is 29.7 Å². The Morgan fingerprint density at radius 2 is 1.43 bits per heavy atom. The Morgan fingerprint density at radius 1 is 0.892 bits per heavy atom. The number of Topliss-reactive ketones (excluding diaryl/α,β-unsaturated/α-hetero) is 1. The number of sulfone groups is 1. The van der Waals surface area contributed by atoms with Crippen molar-refractivity contribution in [2.75, 3.05) is 37.6 Å². The molecule has 3 aromatic carbocycles. The zero-order valence-corrected chi connectivity index (χ0v) is 22.2. The molecule has 1 aliphatic heterocycles. The van der Waals surface area contributed by atoms with E-state index in [1.165, 1.54) is 0 Å². The summed E-state index contributed by atoms with van der Waals surface area (Å²) in [4.78, 5) is 17.4. The molecule has 1 fully saturated rings. The number of hydrogen-bond donors (Lipinski definition) is 0. The number of nitrogens with zero attached hydrogens (tertiary/aromatic N) is 3. The number of benzene rings is 3. The van der Waals surface area contributed by atoms with Crippen LogP contribution in [0.15, 0.2) is 77.7 Å². The second kappa shape index (κ2) is 11.7. The van der Waals surface area contributed by atoms with Crippen molar-refractivity contribution in [1.82, 2.24) is 4.90 Å². The van der Waals surface area contributed by atoms with Crippen LogP contribution in [0, 0.1) is 11.3 Å². The van der Waals surface area contributed by atoms with Crippen molar-refractivity contribution in [3.05, 3.63) is 83.9 Å². The van der Waals surface area contributed by atoms with Crippen molar-refractivity contribution in [3.63, 3.8) is 0 Å². The third kappa shape index (κ3) is 6.10. The molecule has 0 bridgehead atoms. The summed E-state index contributed by atoms with van der Waals surface area (Å²) in [5.74, 6) is 0.0609. The second-order valence-electron chi connectivity index (χ2n) is 9.38. The molecule has 0 spiro atoms. The molecule has 0 unspecified atom stereocenters. The van der Waals surface area contributed by atoms with Gasteiger partial charge in [0.05, 0.1) is 28.3 Å². The summed E-state index contributed by atoms with van der Waals surface area (Å²) in [7, 11) is -3.45. The highest BCUT2D eigenvalue weighted by molar-refractivity contribution is 7.92. The van der Waals surface area contributed by atoms with Gasteiger partial charge in [-0.15, -0.1) is 0 Å². The molecule has 0 amide bonds. The Morgan fingerprint density at radius 3 is 1.95 bits per heavy atom. The van der Waals surface area contributed by atoms with Gasteiger partial charge in [-0.3, -0.25) is 9.69 Å². The molecule has 6 nitrogen and oxygen atoms in total. The SMILES string of the molecule is CCN(CC)c1ccc(C(=O)CN2CCC(S(=O)(=O)c3ccc(-c4ccc(C#N)cc4)cc3)CC2)cc1. The monoisotopic (exact) mass is 515 g/mol. The minimum atomic E-state index is -3.45. The highest BCUT2D eigenvalue weighted by Gasteiger charge is 2.32. The van der Waals surface area contributed by atoms with Crippen LogP contribution in [0.3, 0.4) is 0 Å². The van der Waals surface area contributed by atoms with Gasteiger partial charge in [-0.25, -0.2) is 8.42 Å². The molecular weight excluding hydrogens is 482 g/mol. The lowest BCUT2D eigenvalue weighted by atomic mass is 10.0. The number of carbonyl (C=O) groups is 1. The van der Waals surface area contributed by atoms with E-state index in [4.69, 9.17) is 5.26 Å². The normalized spacial score (nSPS) is 14.7. The molecule has 1 aliphatic rings. The van der Waals surface area contributed by atoms with Gasteiger partial charge < -0.3 is 4.90 Å². The molecule has 1 saturated heterocycles. The van der Waals surface area contributed by atoms with Crippen molar-refractivity contribution in [2.24, 2.45) is 0 Å². The average molecular weight is 516 g/mol. The molecule has 7 heteroatoms. The van der Waals surface area contributed by atoms with E-state index in [1.54, 1.807) is 24.3 Å². The lowest BCUT2D eigenvalue weighted by Crippen LogP contribution is -2.41.